The van der Waals surface area contributed by atoms with Crippen molar-refractivity contribution in [1.82, 2.24) is 0 Å². The van der Waals surface area contributed by atoms with E-state index in [9.17, 15) is 26.0 Å². The van der Waals surface area contributed by atoms with Crippen LogP contribution in [0.4, 0.5) is 17.6 Å². The van der Waals surface area contributed by atoms with Crippen LogP contribution >= 0.6 is 0 Å². The summed E-state index contributed by atoms with van der Waals surface area (Å²) in [5, 5.41) is 0.823. The van der Waals surface area contributed by atoms with Gasteiger partial charge in [-0.15, -0.1) is 0 Å². The van der Waals surface area contributed by atoms with E-state index >= 15 is 0 Å². The second-order valence-corrected chi connectivity index (χ2v) is 6.54. The Kier molecular flexibility index (Phi) is 7.44. The molecule has 24 heavy (non-hydrogen) atoms. The number of rotatable bonds is 6. The van der Waals surface area contributed by atoms with Crippen molar-refractivity contribution in [3.05, 3.63) is 42.5 Å². The van der Waals surface area contributed by atoms with E-state index in [4.69, 9.17) is 0 Å². The van der Waals surface area contributed by atoms with Crippen molar-refractivity contribution in [3.8, 4) is 0 Å². The summed E-state index contributed by atoms with van der Waals surface area (Å²) < 4.78 is 81.6. The van der Waals surface area contributed by atoms with Gasteiger partial charge in [-0.1, -0.05) is 43.3 Å². The maximum absolute atomic E-state index is 13.4. The molecule has 2 aromatic carbocycles. The van der Waals surface area contributed by atoms with Crippen LogP contribution in [0.1, 0.15) is 13.3 Å². The number of fused-ring (bicyclic) bond motifs is 1. The number of benzene rings is 2. The largest absolute Gasteiger partial charge is 0.334 e. The Balaban J connectivity index is 0.00000288. The minimum Gasteiger partial charge on any atom is -0.260 e. The van der Waals surface area contributed by atoms with Crippen LogP contribution in [0.3, 0.4) is 0 Å². The monoisotopic (exact) mass is 389 g/mol. The molecule has 9 heteroatoms. The van der Waals surface area contributed by atoms with E-state index in [0.29, 0.717) is 5.39 Å². The fourth-order valence-corrected chi connectivity index (χ4v) is 3.12. The summed E-state index contributed by atoms with van der Waals surface area (Å²) in [7, 11) is -4.60. The number of alkyl halides is 4. The zero-order chi connectivity index (χ0) is 17.3. The van der Waals surface area contributed by atoms with Gasteiger partial charge in [-0.3, -0.25) is 4.18 Å². The molecule has 0 fully saturated rings. The Morgan fingerprint density at radius 2 is 1.54 bits per heavy atom. The van der Waals surface area contributed by atoms with Crippen LogP contribution in [0.15, 0.2) is 47.4 Å². The zero-order valence-electron chi connectivity index (χ0n) is 13.1. The standard InChI is InChI=1S/C15H14F4O3S.K/c1-2-14(16,17)15(18,19)10-22-23(20,21)13-9-5-7-11-6-3-4-8-12(11)13;/h3-9H,2,10H2,1H3;. The molecule has 2 aromatic rings. The summed E-state index contributed by atoms with van der Waals surface area (Å²) in [6.45, 7) is -1.04. The molecule has 0 amide bonds. The van der Waals surface area contributed by atoms with Gasteiger partial charge in [0.25, 0.3) is 10.1 Å². The van der Waals surface area contributed by atoms with Crippen molar-refractivity contribution in [2.75, 3.05) is 6.61 Å². The maximum atomic E-state index is 13.4. The average molecular weight is 389 g/mol. The molecule has 0 aromatic heterocycles. The average Bonchev–Trinajstić information content (AvgIpc) is 2.52. The fourth-order valence-electron chi connectivity index (χ4n) is 1.99. The van der Waals surface area contributed by atoms with Gasteiger partial charge < -0.3 is 0 Å². The predicted molar refractivity (Wildman–Crippen MR) is 83.0 cm³/mol. The normalized spacial score (nSPS) is 12.9. The summed E-state index contributed by atoms with van der Waals surface area (Å²) in [5.74, 6) is -8.93. The van der Waals surface area contributed by atoms with E-state index in [2.05, 4.69) is 4.18 Å². The third-order valence-electron chi connectivity index (χ3n) is 3.39. The molecule has 0 heterocycles. The van der Waals surface area contributed by atoms with Crippen LogP contribution in [0.2, 0.25) is 0 Å². The van der Waals surface area contributed by atoms with E-state index < -0.39 is 35.0 Å². The minimum absolute atomic E-state index is 0. The van der Waals surface area contributed by atoms with Crippen molar-refractivity contribution >= 4 is 72.3 Å². The van der Waals surface area contributed by atoms with Crippen molar-refractivity contribution in [2.45, 2.75) is 30.1 Å². The number of hydrogen-bond acceptors (Lipinski definition) is 3. The summed E-state index contributed by atoms with van der Waals surface area (Å²) in [6.07, 6.45) is -1.13. The van der Waals surface area contributed by atoms with E-state index in [1.54, 1.807) is 24.3 Å². The second kappa shape index (κ2) is 8.11. The van der Waals surface area contributed by atoms with Gasteiger partial charge in [-0.05, 0) is 11.5 Å². The second-order valence-electron chi connectivity index (χ2n) is 4.96. The fraction of sp³-hybridized carbons (Fsp3) is 0.333. The first kappa shape index (κ1) is 22.0. The molecule has 0 aliphatic heterocycles. The molecule has 0 saturated heterocycles. The molecular formula is C15H14F4KO3S. The summed E-state index contributed by atoms with van der Waals surface area (Å²) >= 11 is 0. The quantitative estimate of drug-likeness (QED) is 0.428. The van der Waals surface area contributed by atoms with Crippen molar-refractivity contribution in [1.29, 1.82) is 0 Å². The predicted octanol–water partition coefficient (Wildman–Crippen LogP) is 3.84. The Labute approximate surface area is 179 Å². The molecule has 0 N–H and O–H groups in total. The molecule has 0 bridgehead atoms. The van der Waals surface area contributed by atoms with Gasteiger partial charge in [0.15, 0.2) is 0 Å². The summed E-state index contributed by atoms with van der Waals surface area (Å²) in [6, 6.07) is 10.6. The SMILES string of the molecule is CCC(F)(F)C(F)(F)COS(=O)(=O)c1cccc2ccccc12.[K]. The van der Waals surface area contributed by atoms with Gasteiger partial charge >= 0.3 is 11.8 Å². The van der Waals surface area contributed by atoms with Crippen LogP contribution in [-0.4, -0.2) is 78.3 Å². The van der Waals surface area contributed by atoms with Crippen LogP contribution in [0.25, 0.3) is 10.8 Å². The molecule has 0 atom stereocenters. The van der Waals surface area contributed by atoms with E-state index in [1.165, 1.54) is 18.2 Å². The van der Waals surface area contributed by atoms with Crippen LogP contribution in [0, 0.1) is 0 Å². The molecule has 0 aliphatic rings. The van der Waals surface area contributed by atoms with Crippen LogP contribution in [-0.2, 0) is 14.3 Å². The summed E-state index contributed by atoms with van der Waals surface area (Å²) in [4.78, 5) is -0.341. The smallest absolute Gasteiger partial charge is 0.260 e. The summed E-state index contributed by atoms with van der Waals surface area (Å²) in [5.41, 5.74) is 0. The van der Waals surface area contributed by atoms with Gasteiger partial charge in [0, 0.05) is 63.2 Å². The van der Waals surface area contributed by atoms with Crippen LogP contribution in [0.5, 0.6) is 0 Å². The van der Waals surface area contributed by atoms with Crippen LogP contribution < -0.4 is 0 Å². The molecule has 0 aliphatic carbocycles. The van der Waals surface area contributed by atoms with E-state index in [0.717, 1.165) is 6.92 Å². The van der Waals surface area contributed by atoms with Gasteiger partial charge in [-0.2, -0.15) is 26.0 Å². The maximum Gasteiger partial charge on any atom is 0.334 e. The topological polar surface area (TPSA) is 43.4 Å². The van der Waals surface area contributed by atoms with Gasteiger partial charge in [0.2, 0.25) is 0 Å². The molecular weight excluding hydrogens is 375 g/mol. The van der Waals surface area contributed by atoms with Gasteiger partial charge in [-0.25, -0.2) is 0 Å². The Bertz CT molecular complexity index is 804. The number of hydrogen-bond donors (Lipinski definition) is 0. The Morgan fingerprint density at radius 3 is 2.17 bits per heavy atom. The first-order chi connectivity index (χ1) is 10.6. The first-order valence-corrected chi connectivity index (χ1v) is 8.14. The van der Waals surface area contributed by atoms with E-state index in [1.807, 2.05) is 0 Å². The third-order valence-corrected chi connectivity index (χ3v) is 4.72. The van der Waals surface area contributed by atoms with Gasteiger partial charge in [0.1, 0.15) is 11.5 Å². The number of halogens is 4. The van der Waals surface area contributed by atoms with Gasteiger partial charge in [0.05, 0.1) is 0 Å². The zero-order valence-corrected chi connectivity index (χ0v) is 17.0. The molecule has 127 valence electrons. The molecule has 2 rings (SSSR count). The minimum atomic E-state index is -4.60. The molecule has 0 spiro atoms. The molecule has 3 nitrogen and oxygen atoms in total. The van der Waals surface area contributed by atoms with Crippen molar-refractivity contribution in [2.24, 2.45) is 0 Å². The Hall–Kier alpha value is -0.0336. The molecule has 0 unspecified atom stereocenters. The molecule has 0 saturated carbocycles. The molecule has 1 radical (unpaired) electrons. The first-order valence-electron chi connectivity index (χ1n) is 6.73. The van der Waals surface area contributed by atoms with E-state index in [-0.39, 0.29) is 61.7 Å². The van der Waals surface area contributed by atoms with Crippen molar-refractivity contribution < 1.29 is 30.2 Å². The third kappa shape index (κ3) is 4.57. The van der Waals surface area contributed by atoms with Crippen molar-refractivity contribution in [3.63, 3.8) is 0 Å². The Morgan fingerprint density at radius 1 is 0.958 bits per heavy atom.